The summed E-state index contributed by atoms with van der Waals surface area (Å²) in [6.45, 7) is 1.32. The minimum Gasteiger partial charge on any atom is -0.367 e. The monoisotopic (exact) mass is 265 g/mol. The summed E-state index contributed by atoms with van der Waals surface area (Å²) in [5.41, 5.74) is 2.04. The molecule has 5 nitrogen and oxygen atoms in total. The van der Waals surface area contributed by atoms with Crippen LogP contribution in [-0.4, -0.2) is 13.4 Å². The molecule has 2 rings (SSSR count). The molecule has 0 aliphatic rings. The molecule has 0 spiro atoms. The normalized spacial score (nSPS) is 11.6. The van der Waals surface area contributed by atoms with E-state index in [-0.39, 0.29) is 4.90 Å². The molecule has 0 saturated heterocycles. The first-order valence-electron chi connectivity index (χ1n) is 5.50. The zero-order valence-corrected chi connectivity index (χ0v) is 10.6. The van der Waals surface area contributed by atoms with E-state index < -0.39 is 10.0 Å². The van der Waals surface area contributed by atoms with Gasteiger partial charge in [-0.1, -0.05) is 12.1 Å². The Morgan fingerprint density at radius 3 is 2.61 bits per heavy atom. The van der Waals surface area contributed by atoms with E-state index in [4.69, 9.17) is 5.14 Å². The molecule has 1 heterocycles. The molecule has 0 aliphatic heterocycles. The first kappa shape index (κ1) is 12.8. The molecule has 96 valence electrons. The Morgan fingerprint density at radius 1 is 1.17 bits per heavy atom. The number of H-pyrrole nitrogens is 1. The quantitative estimate of drug-likeness (QED) is 0.752. The van der Waals surface area contributed by atoms with Crippen molar-refractivity contribution in [2.24, 2.45) is 5.14 Å². The lowest BCUT2D eigenvalue weighted by atomic mass is 10.2. The lowest BCUT2D eigenvalue weighted by Gasteiger charge is -2.05. The van der Waals surface area contributed by atoms with Crippen LogP contribution in [-0.2, 0) is 23.1 Å². The van der Waals surface area contributed by atoms with E-state index in [0.29, 0.717) is 6.54 Å². The van der Waals surface area contributed by atoms with E-state index >= 15 is 0 Å². The van der Waals surface area contributed by atoms with Crippen molar-refractivity contribution in [3.63, 3.8) is 0 Å². The minimum absolute atomic E-state index is 0.142. The summed E-state index contributed by atoms with van der Waals surface area (Å²) in [7, 11) is -3.63. The van der Waals surface area contributed by atoms with Crippen LogP contribution in [0, 0.1) is 0 Å². The molecule has 1 aromatic carbocycles. The average Bonchev–Trinajstić information content (AvgIpc) is 2.81. The van der Waals surface area contributed by atoms with Gasteiger partial charge in [-0.05, 0) is 29.3 Å². The van der Waals surface area contributed by atoms with Crippen molar-refractivity contribution in [2.75, 3.05) is 0 Å². The highest BCUT2D eigenvalue weighted by molar-refractivity contribution is 7.89. The molecular formula is C12H15N3O2S. The highest BCUT2D eigenvalue weighted by Crippen LogP contribution is 2.09. The van der Waals surface area contributed by atoms with Crippen LogP contribution in [0.5, 0.6) is 0 Å². The summed E-state index contributed by atoms with van der Waals surface area (Å²) in [6, 6.07) is 8.60. The van der Waals surface area contributed by atoms with Crippen molar-refractivity contribution < 1.29 is 8.42 Å². The minimum atomic E-state index is -3.63. The van der Waals surface area contributed by atoms with Crippen molar-refractivity contribution >= 4 is 10.0 Å². The Hall–Kier alpha value is -1.63. The zero-order valence-electron chi connectivity index (χ0n) is 9.76. The molecule has 4 N–H and O–H groups in total. The van der Waals surface area contributed by atoms with Crippen molar-refractivity contribution in [2.45, 2.75) is 18.0 Å². The van der Waals surface area contributed by atoms with Crippen LogP contribution >= 0.6 is 0 Å². The topological polar surface area (TPSA) is 88.0 Å². The Kier molecular flexibility index (Phi) is 3.81. The number of rotatable bonds is 5. The molecule has 0 unspecified atom stereocenters. The number of nitrogens with one attached hydrogen (secondary N) is 2. The molecule has 0 amide bonds. The third kappa shape index (κ3) is 3.43. The second-order valence-electron chi connectivity index (χ2n) is 4.02. The Bertz CT molecular complexity index is 606. The van der Waals surface area contributed by atoms with E-state index in [1.165, 1.54) is 6.07 Å². The van der Waals surface area contributed by atoms with Crippen LogP contribution < -0.4 is 10.5 Å². The standard InChI is InChI=1S/C12H15N3O2S/c13-18(16,17)12-3-1-2-10(6-12)7-15-9-11-4-5-14-8-11/h1-6,8,14-15H,7,9H2,(H2,13,16,17). The van der Waals surface area contributed by atoms with E-state index in [1.807, 2.05) is 24.5 Å². The molecule has 18 heavy (non-hydrogen) atoms. The van der Waals surface area contributed by atoms with Gasteiger partial charge in [0, 0.05) is 25.5 Å². The summed E-state index contributed by atoms with van der Waals surface area (Å²) in [5, 5.41) is 8.31. The van der Waals surface area contributed by atoms with Crippen LogP contribution in [0.15, 0.2) is 47.6 Å². The van der Waals surface area contributed by atoms with Crippen LogP contribution in [0.4, 0.5) is 0 Å². The Morgan fingerprint density at radius 2 is 1.94 bits per heavy atom. The molecule has 0 atom stereocenters. The lowest BCUT2D eigenvalue weighted by molar-refractivity contribution is 0.597. The first-order valence-corrected chi connectivity index (χ1v) is 7.04. The third-order valence-corrected chi connectivity index (χ3v) is 3.46. The van der Waals surface area contributed by atoms with Gasteiger partial charge in [0.05, 0.1) is 4.90 Å². The number of nitrogens with two attached hydrogens (primary N) is 1. The molecule has 0 radical (unpaired) electrons. The summed E-state index contributed by atoms with van der Waals surface area (Å²) in [5.74, 6) is 0. The molecule has 0 bridgehead atoms. The van der Waals surface area contributed by atoms with Gasteiger partial charge < -0.3 is 10.3 Å². The van der Waals surface area contributed by atoms with E-state index in [9.17, 15) is 8.42 Å². The van der Waals surface area contributed by atoms with Gasteiger partial charge in [0.2, 0.25) is 10.0 Å². The highest BCUT2D eigenvalue weighted by atomic mass is 32.2. The number of hydrogen-bond acceptors (Lipinski definition) is 3. The molecular weight excluding hydrogens is 250 g/mol. The number of aromatic nitrogens is 1. The molecule has 1 aromatic heterocycles. The van der Waals surface area contributed by atoms with E-state index in [1.54, 1.807) is 12.1 Å². The maximum absolute atomic E-state index is 11.2. The van der Waals surface area contributed by atoms with Gasteiger partial charge >= 0.3 is 0 Å². The molecule has 2 aromatic rings. The summed E-state index contributed by atoms with van der Waals surface area (Å²) >= 11 is 0. The lowest BCUT2D eigenvalue weighted by Crippen LogP contribution is -2.15. The molecule has 0 saturated carbocycles. The fourth-order valence-electron chi connectivity index (χ4n) is 1.65. The van der Waals surface area contributed by atoms with Crippen molar-refractivity contribution in [3.05, 3.63) is 53.9 Å². The Labute approximate surface area is 106 Å². The highest BCUT2D eigenvalue weighted by Gasteiger charge is 2.07. The molecule has 6 heteroatoms. The first-order chi connectivity index (χ1) is 8.55. The predicted octanol–water partition coefficient (Wildman–Crippen LogP) is 0.952. The fraction of sp³-hybridized carbons (Fsp3) is 0.167. The van der Waals surface area contributed by atoms with E-state index in [0.717, 1.165) is 17.7 Å². The van der Waals surface area contributed by atoms with Gasteiger partial charge in [-0.2, -0.15) is 0 Å². The molecule has 0 fully saturated rings. The van der Waals surface area contributed by atoms with Gasteiger partial charge in [0.1, 0.15) is 0 Å². The second kappa shape index (κ2) is 5.34. The van der Waals surface area contributed by atoms with Crippen LogP contribution in [0.25, 0.3) is 0 Å². The number of aromatic amines is 1. The summed E-state index contributed by atoms with van der Waals surface area (Å²) in [4.78, 5) is 3.11. The van der Waals surface area contributed by atoms with Crippen LogP contribution in [0.1, 0.15) is 11.1 Å². The van der Waals surface area contributed by atoms with Crippen LogP contribution in [0.2, 0.25) is 0 Å². The number of benzene rings is 1. The summed E-state index contributed by atoms with van der Waals surface area (Å²) in [6.07, 6.45) is 3.77. The maximum atomic E-state index is 11.2. The van der Waals surface area contributed by atoms with Gasteiger partial charge in [0.25, 0.3) is 0 Å². The summed E-state index contributed by atoms with van der Waals surface area (Å²) < 4.78 is 22.4. The third-order valence-electron chi connectivity index (χ3n) is 2.55. The van der Waals surface area contributed by atoms with Crippen LogP contribution in [0.3, 0.4) is 0 Å². The number of primary sulfonamides is 1. The van der Waals surface area contributed by atoms with Gasteiger partial charge in [0.15, 0.2) is 0 Å². The Balaban J connectivity index is 1.98. The van der Waals surface area contributed by atoms with Crippen molar-refractivity contribution in [1.29, 1.82) is 0 Å². The number of sulfonamides is 1. The van der Waals surface area contributed by atoms with Gasteiger partial charge in [-0.15, -0.1) is 0 Å². The second-order valence-corrected chi connectivity index (χ2v) is 5.58. The van der Waals surface area contributed by atoms with E-state index in [2.05, 4.69) is 10.3 Å². The average molecular weight is 265 g/mol. The number of hydrogen-bond donors (Lipinski definition) is 3. The van der Waals surface area contributed by atoms with Crippen molar-refractivity contribution in [1.82, 2.24) is 10.3 Å². The van der Waals surface area contributed by atoms with Gasteiger partial charge in [-0.3, -0.25) is 0 Å². The SMILES string of the molecule is NS(=O)(=O)c1cccc(CNCc2cc[nH]c2)c1. The largest absolute Gasteiger partial charge is 0.367 e. The van der Waals surface area contributed by atoms with Gasteiger partial charge in [-0.25, -0.2) is 13.6 Å². The predicted molar refractivity (Wildman–Crippen MR) is 69.2 cm³/mol. The van der Waals surface area contributed by atoms with Crippen molar-refractivity contribution in [3.8, 4) is 0 Å². The zero-order chi connectivity index (χ0) is 13.0. The fourth-order valence-corrected chi connectivity index (χ4v) is 2.24. The maximum Gasteiger partial charge on any atom is 0.238 e. The molecule has 0 aliphatic carbocycles. The smallest absolute Gasteiger partial charge is 0.238 e.